The summed E-state index contributed by atoms with van der Waals surface area (Å²) in [6.07, 6.45) is -0.0320. The summed E-state index contributed by atoms with van der Waals surface area (Å²) in [6.45, 7) is 6.65. The highest BCUT2D eigenvalue weighted by molar-refractivity contribution is 6.08. The van der Waals surface area contributed by atoms with E-state index in [0.29, 0.717) is 0 Å². The normalized spacial score (nSPS) is 31.4. The number of rotatable bonds is 3. The quantitative estimate of drug-likeness (QED) is 0.442. The van der Waals surface area contributed by atoms with Gasteiger partial charge in [0.1, 0.15) is 24.0 Å². The third-order valence-electron chi connectivity index (χ3n) is 3.37. The van der Waals surface area contributed by atoms with Gasteiger partial charge in [0.15, 0.2) is 5.79 Å². The molecule has 0 saturated carbocycles. The van der Waals surface area contributed by atoms with Crippen LogP contribution >= 0.6 is 0 Å². The number of hydrogen-bond donors (Lipinski definition) is 2. The summed E-state index contributed by atoms with van der Waals surface area (Å²) in [5.74, 6) is -1.82. The summed E-state index contributed by atoms with van der Waals surface area (Å²) in [5.41, 5.74) is 0.313. The molecule has 0 aromatic rings. The van der Waals surface area contributed by atoms with Crippen LogP contribution in [0.1, 0.15) is 27.7 Å². The lowest BCUT2D eigenvalue weighted by Crippen LogP contribution is -2.55. The molecule has 1 amide bonds. The Labute approximate surface area is 128 Å². The van der Waals surface area contributed by atoms with Crippen LogP contribution in [0, 0.1) is 0 Å². The Hall–Kier alpha value is -1.93. The van der Waals surface area contributed by atoms with Gasteiger partial charge in [-0.25, -0.2) is 4.79 Å². The molecule has 8 nitrogen and oxygen atoms in total. The average Bonchev–Trinajstić information content (AvgIpc) is 2.74. The minimum atomic E-state index is -0.942. The molecule has 1 aliphatic carbocycles. The zero-order chi connectivity index (χ0) is 16.5. The number of esters is 1. The molecule has 3 atom stereocenters. The summed E-state index contributed by atoms with van der Waals surface area (Å²) in [4.78, 5) is 23.5. The van der Waals surface area contributed by atoms with Crippen molar-refractivity contribution in [2.24, 2.45) is 5.16 Å². The van der Waals surface area contributed by atoms with Gasteiger partial charge in [0.25, 0.3) is 0 Å². The first-order valence-electron chi connectivity index (χ1n) is 7.02. The van der Waals surface area contributed by atoms with E-state index in [1.54, 1.807) is 20.8 Å². The van der Waals surface area contributed by atoms with Crippen LogP contribution in [0.3, 0.4) is 0 Å². The van der Waals surface area contributed by atoms with Crippen molar-refractivity contribution in [1.29, 1.82) is 0 Å². The highest BCUT2D eigenvalue weighted by Gasteiger charge is 2.52. The molecule has 0 radical (unpaired) electrons. The molecule has 2 aliphatic rings. The van der Waals surface area contributed by atoms with Crippen LogP contribution < -0.4 is 5.32 Å². The maximum absolute atomic E-state index is 12.1. The molecule has 0 aromatic carbocycles. The standard InChI is InChI=1S/C14H20N2O6/c1-5-20-13(18)8-6-9(16-19)10(15-7(2)17)12-11(8)21-14(3,4)22-12/h6,10-12,19H,5H2,1-4H3,(H,15,17)/b16-9-/t10-,11-,12+/m1/s1. The van der Waals surface area contributed by atoms with E-state index in [4.69, 9.17) is 14.2 Å². The zero-order valence-corrected chi connectivity index (χ0v) is 13.0. The maximum atomic E-state index is 12.1. The lowest BCUT2D eigenvalue weighted by Gasteiger charge is -2.31. The van der Waals surface area contributed by atoms with Crippen LogP contribution in [0.5, 0.6) is 0 Å². The maximum Gasteiger partial charge on any atom is 0.336 e. The third kappa shape index (κ3) is 3.12. The second-order valence-corrected chi connectivity index (χ2v) is 5.54. The summed E-state index contributed by atoms with van der Waals surface area (Å²) in [5, 5.41) is 15.0. The van der Waals surface area contributed by atoms with E-state index in [2.05, 4.69) is 10.5 Å². The highest BCUT2D eigenvalue weighted by atomic mass is 16.8. The first-order valence-corrected chi connectivity index (χ1v) is 7.02. The Bertz CT molecular complexity index is 539. The lowest BCUT2D eigenvalue weighted by molar-refractivity contribution is -0.149. The van der Waals surface area contributed by atoms with E-state index >= 15 is 0 Å². The molecule has 1 fully saturated rings. The fraction of sp³-hybridized carbons (Fsp3) is 0.643. The molecule has 0 spiro atoms. The number of nitrogens with zero attached hydrogens (tertiary/aromatic N) is 1. The fourth-order valence-corrected chi connectivity index (χ4v) is 2.63. The number of amides is 1. The van der Waals surface area contributed by atoms with Gasteiger partial charge in [0, 0.05) is 6.92 Å². The Balaban J connectivity index is 2.42. The van der Waals surface area contributed by atoms with Crippen LogP contribution in [0.25, 0.3) is 0 Å². The number of carbonyl (C=O) groups excluding carboxylic acids is 2. The molecule has 0 unspecified atom stereocenters. The van der Waals surface area contributed by atoms with Crippen molar-refractivity contribution in [3.63, 3.8) is 0 Å². The van der Waals surface area contributed by atoms with Crippen molar-refractivity contribution in [3.8, 4) is 0 Å². The predicted octanol–water partition coefficient (Wildman–Crippen LogP) is 0.345. The summed E-state index contributed by atoms with van der Waals surface area (Å²) >= 11 is 0. The van der Waals surface area contributed by atoms with Gasteiger partial charge in [-0.3, -0.25) is 4.79 Å². The summed E-state index contributed by atoms with van der Waals surface area (Å²) < 4.78 is 16.5. The van der Waals surface area contributed by atoms with Crippen LogP contribution in [-0.2, 0) is 23.8 Å². The summed E-state index contributed by atoms with van der Waals surface area (Å²) in [7, 11) is 0. The number of nitrogens with one attached hydrogen (secondary N) is 1. The van der Waals surface area contributed by atoms with Crippen LogP contribution in [0.4, 0.5) is 0 Å². The Morgan fingerprint density at radius 3 is 2.68 bits per heavy atom. The molecule has 2 N–H and O–H groups in total. The molecule has 0 bridgehead atoms. The van der Waals surface area contributed by atoms with Crippen molar-refractivity contribution in [3.05, 3.63) is 11.6 Å². The molecule has 0 aromatic heterocycles. The van der Waals surface area contributed by atoms with E-state index in [9.17, 15) is 14.8 Å². The SMILES string of the molecule is CCOC(=O)C1=C/C(=N/O)[C@@H](NC(C)=O)[C@@H]2OC(C)(C)O[C@H]12. The van der Waals surface area contributed by atoms with Gasteiger partial charge in [-0.05, 0) is 26.8 Å². The number of hydrogen-bond acceptors (Lipinski definition) is 7. The Morgan fingerprint density at radius 2 is 2.14 bits per heavy atom. The van der Waals surface area contributed by atoms with Gasteiger partial charge in [-0.2, -0.15) is 0 Å². The predicted molar refractivity (Wildman–Crippen MR) is 75.4 cm³/mol. The topological polar surface area (TPSA) is 106 Å². The largest absolute Gasteiger partial charge is 0.463 e. The molecule has 2 rings (SSSR count). The van der Waals surface area contributed by atoms with Gasteiger partial charge >= 0.3 is 5.97 Å². The van der Waals surface area contributed by atoms with Crippen molar-refractivity contribution in [2.75, 3.05) is 6.61 Å². The van der Waals surface area contributed by atoms with Crippen molar-refractivity contribution in [2.45, 2.75) is 51.7 Å². The average molecular weight is 312 g/mol. The van der Waals surface area contributed by atoms with E-state index in [0.717, 1.165) is 0 Å². The summed E-state index contributed by atoms with van der Waals surface area (Å²) in [6, 6.07) is -0.715. The molecule has 1 saturated heterocycles. The van der Waals surface area contributed by atoms with E-state index in [1.165, 1.54) is 13.0 Å². The van der Waals surface area contributed by atoms with Gasteiger partial charge in [0.05, 0.1) is 12.2 Å². The molecule has 8 heteroatoms. The highest BCUT2D eigenvalue weighted by Crippen LogP contribution is 2.37. The zero-order valence-electron chi connectivity index (χ0n) is 13.0. The minimum Gasteiger partial charge on any atom is -0.463 e. The molecule has 22 heavy (non-hydrogen) atoms. The first kappa shape index (κ1) is 16.4. The fourth-order valence-electron chi connectivity index (χ4n) is 2.63. The molecule has 122 valence electrons. The van der Waals surface area contributed by atoms with Gasteiger partial charge in [-0.15, -0.1) is 0 Å². The monoisotopic (exact) mass is 312 g/mol. The van der Waals surface area contributed by atoms with Crippen LogP contribution in [0.15, 0.2) is 16.8 Å². The second kappa shape index (κ2) is 6.05. The van der Waals surface area contributed by atoms with Crippen LogP contribution in [-0.4, -0.2) is 53.4 Å². The molecule has 1 aliphatic heterocycles. The van der Waals surface area contributed by atoms with Crippen molar-refractivity contribution >= 4 is 17.6 Å². The molecular formula is C14H20N2O6. The van der Waals surface area contributed by atoms with E-state index < -0.39 is 30.0 Å². The number of fused-ring (bicyclic) bond motifs is 1. The smallest absolute Gasteiger partial charge is 0.336 e. The number of carbonyl (C=O) groups is 2. The molecule has 1 heterocycles. The Kier molecular flexibility index (Phi) is 4.52. The van der Waals surface area contributed by atoms with Gasteiger partial charge in [-0.1, -0.05) is 5.16 Å². The van der Waals surface area contributed by atoms with Crippen molar-refractivity contribution < 1.29 is 29.0 Å². The van der Waals surface area contributed by atoms with Crippen molar-refractivity contribution in [1.82, 2.24) is 5.32 Å². The van der Waals surface area contributed by atoms with Crippen LogP contribution in [0.2, 0.25) is 0 Å². The lowest BCUT2D eigenvalue weighted by atomic mass is 9.88. The number of oxime groups is 1. The Morgan fingerprint density at radius 1 is 1.45 bits per heavy atom. The molecular weight excluding hydrogens is 292 g/mol. The van der Waals surface area contributed by atoms with Gasteiger partial charge < -0.3 is 24.7 Å². The van der Waals surface area contributed by atoms with Gasteiger partial charge in [0.2, 0.25) is 5.91 Å². The number of ether oxygens (including phenoxy) is 3. The minimum absolute atomic E-state index is 0.112. The first-order chi connectivity index (χ1) is 10.3. The third-order valence-corrected chi connectivity index (χ3v) is 3.37. The second-order valence-electron chi connectivity index (χ2n) is 5.54. The van der Waals surface area contributed by atoms with E-state index in [1.807, 2.05) is 0 Å². The van der Waals surface area contributed by atoms with E-state index in [-0.39, 0.29) is 23.8 Å².